The van der Waals surface area contributed by atoms with Gasteiger partial charge in [0.1, 0.15) is 5.82 Å². The van der Waals surface area contributed by atoms with Gasteiger partial charge in [-0.15, -0.1) is 10.2 Å². The number of aromatic nitrogens is 3. The van der Waals surface area contributed by atoms with Gasteiger partial charge in [0.05, 0.1) is 5.75 Å². The van der Waals surface area contributed by atoms with E-state index >= 15 is 0 Å². The third-order valence-electron chi connectivity index (χ3n) is 4.86. The van der Waals surface area contributed by atoms with E-state index in [1.54, 1.807) is 0 Å². The Bertz CT molecular complexity index is 748. The second-order valence-electron chi connectivity index (χ2n) is 6.92. The highest BCUT2D eigenvalue weighted by Crippen LogP contribution is 2.26. The number of benzene rings is 1. The maximum absolute atomic E-state index is 12.7. The Morgan fingerprint density at radius 3 is 2.60 bits per heavy atom. The lowest BCUT2D eigenvalue weighted by molar-refractivity contribution is -0.134. The van der Waals surface area contributed by atoms with Crippen LogP contribution in [-0.2, 0) is 4.79 Å². The first kappa shape index (κ1) is 18.0. The molecule has 0 radical (unpaired) electrons. The van der Waals surface area contributed by atoms with Crippen LogP contribution in [0.1, 0.15) is 44.5 Å². The summed E-state index contributed by atoms with van der Waals surface area (Å²) in [5.41, 5.74) is 2.23. The molecule has 0 saturated carbocycles. The zero-order chi connectivity index (χ0) is 18.0. The van der Waals surface area contributed by atoms with E-state index in [4.69, 9.17) is 0 Å². The maximum Gasteiger partial charge on any atom is 0.233 e. The molecule has 0 N–H and O–H groups in total. The molecule has 1 aliphatic rings. The highest BCUT2D eigenvalue weighted by atomic mass is 32.2. The van der Waals surface area contributed by atoms with Gasteiger partial charge in [-0.1, -0.05) is 23.9 Å². The van der Waals surface area contributed by atoms with Gasteiger partial charge >= 0.3 is 0 Å². The second-order valence-corrected chi connectivity index (χ2v) is 7.87. The zero-order valence-electron chi connectivity index (χ0n) is 15.4. The fourth-order valence-electron chi connectivity index (χ4n) is 3.61. The molecule has 6 heteroatoms. The van der Waals surface area contributed by atoms with Gasteiger partial charge in [0.2, 0.25) is 5.91 Å². The first-order valence-corrected chi connectivity index (χ1v) is 9.89. The van der Waals surface area contributed by atoms with Crippen LogP contribution in [0.3, 0.4) is 0 Å². The van der Waals surface area contributed by atoms with E-state index in [1.165, 1.54) is 23.7 Å². The normalized spacial score (nSPS) is 20.7. The predicted octanol–water partition coefficient (Wildman–Crippen LogP) is 3.77. The molecule has 0 aliphatic carbocycles. The Kier molecular flexibility index (Phi) is 5.47. The molecule has 1 amide bonds. The quantitative estimate of drug-likeness (QED) is 0.781. The SMILES string of the molecule is Cc1cccc(-n2c(C)nnc2SCC(=O)N2[C@H](C)CCC[C@H]2C)c1. The lowest BCUT2D eigenvalue weighted by atomic mass is 9.98. The van der Waals surface area contributed by atoms with Crippen molar-refractivity contribution in [2.75, 3.05) is 5.75 Å². The minimum atomic E-state index is 0.196. The molecular weight excluding hydrogens is 332 g/mol. The van der Waals surface area contributed by atoms with E-state index in [0.29, 0.717) is 17.8 Å². The van der Waals surface area contributed by atoms with Gasteiger partial charge in [-0.25, -0.2) is 0 Å². The molecule has 1 aromatic carbocycles. The number of rotatable bonds is 4. The van der Waals surface area contributed by atoms with Crippen LogP contribution < -0.4 is 0 Å². The number of carbonyl (C=O) groups is 1. The highest BCUT2D eigenvalue weighted by molar-refractivity contribution is 7.99. The maximum atomic E-state index is 12.7. The molecular formula is C19H26N4OS. The summed E-state index contributed by atoms with van der Waals surface area (Å²) in [6.45, 7) is 8.31. The number of thioether (sulfide) groups is 1. The van der Waals surface area contributed by atoms with Crippen LogP contribution in [0.25, 0.3) is 5.69 Å². The molecule has 2 heterocycles. The Balaban J connectivity index is 1.75. The summed E-state index contributed by atoms with van der Waals surface area (Å²) in [6, 6.07) is 8.90. The van der Waals surface area contributed by atoms with E-state index in [-0.39, 0.29) is 5.91 Å². The Labute approximate surface area is 153 Å². The fourth-order valence-corrected chi connectivity index (χ4v) is 4.48. The van der Waals surface area contributed by atoms with Crippen molar-refractivity contribution in [2.24, 2.45) is 0 Å². The van der Waals surface area contributed by atoms with E-state index in [0.717, 1.165) is 29.5 Å². The molecule has 134 valence electrons. The van der Waals surface area contributed by atoms with Crippen molar-refractivity contribution in [3.05, 3.63) is 35.7 Å². The van der Waals surface area contributed by atoms with Crippen LogP contribution in [0.15, 0.2) is 29.4 Å². The molecule has 2 aromatic rings. The van der Waals surface area contributed by atoms with E-state index in [1.807, 2.05) is 23.6 Å². The molecule has 1 fully saturated rings. The lowest BCUT2D eigenvalue weighted by Crippen LogP contribution is -2.48. The number of likely N-dealkylation sites (tertiary alicyclic amines) is 1. The lowest BCUT2D eigenvalue weighted by Gasteiger charge is -2.39. The average Bonchev–Trinajstić information content (AvgIpc) is 2.93. The van der Waals surface area contributed by atoms with Gasteiger partial charge in [0.25, 0.3) is 0 Å². The number of amides is 1. The molecule has 3 rings (SSSR count). The number of aryl methyl sites for hydroxylation is 2. The van der Waals surface area contributed by atoms with Crippen LogP contribution in [0, 0.1) is 13.8 Å². The minimum Gasteiger partial charge on any atom is -0.337 e. The summed E-state index contributed by atoms with van der Waals surface area (Å²) in [5.74, 6) is 1.43. The molecule has 0 bridgehead atoms. The van der Waals surface area contributed by atoms with Crippen molar-refractivity contribution in [1.82, 2.24) is 19.7 Å². The number of hydrogen-bond acceptors (Lipinski definition) is 4. The van der Waals surface area contributed by atoms with Crippen LogP contribution in [-0.4, -0.2) is 43.4 Å². The zero-order valence-corrected chi connectivity index (χ0v) is 16.2. The number of piperidine rings is 1. The smallest absolute Gasteiger partial charge is 0.233 e. The Morgan fingerprint density at radius 1 is 1.20 bits per heavy atom. The van der Waals surface area contributed by atoms with Gasteiger partial charge in [0.15, 0.2) is 5.16 Å². The van der Waals surface area contributed by atoms with Gasteiger partial charge < -0.3 is 4.90 Å². The number of carbonyl (C=O) groups excluding carboxylic acids is 1. The summed E-state index contributed by atoms with van der Waals surface area (Å²) in [5, 5.41) is 9.26. The molecule has 25 heavy (non-hydrogen) atoms. The number of hydrogen-bond donors (Lipinski definition) is 0. The third kappa shape index (κ3) is 3.89. The Hall–Kier alpha value is -1.82. The van der Waals surface area contributed by atoms with Crippen molar-refractivity contribution in [2.45, 2.75) is 64.2 Å². The second kappa shape index (κ2) is 7.60. The van der Waals surface area contributed by atoms with Gasteiger partial charge in [-0.05, 0) is 64.7 Å². The van der Waals surface area contributed by atoms with Crippen molar-refractivity contribution < 1.29 is 4.79 Å². The third-order valence-corrected chi connectivity index (χ3v) is 5.77. The highest BCUT2D eigenvalue weighted by Gasteiger charge is 2.29. The summed E-state index contributed by atoms with van der Waals surface area (Å²) in [6.07, 6.45) is 3.40. The van der Waals surface area contributed by atoms with Crippen LogP contribution >= 0.6 is 11.8 Å². The molecule has 1 saturated heterocycles. The number of nitrogens with zero attached hydrogens (tertiary/aromatic N) is 4. The van der Waals surface area contributed by atoms with Gasteiger partial charge in [0, 0.05) is 17.8 Å². The van der Waals surface area contributed by atoms with Crippen LogP contribution in [0.2, 0.25) is 0 Å². The minimum absolute atomic E-state index is 0.196. The van der Waals surface area contributed by atoms with Gasteiger partial charge in [-0.2, -0.15) is 0 Å². The summed E-state index contributed by atoms with van der Waals surface area (Å²) in [7, 11) is 0. The van der Waals surface area contributed by atoms with Crippen molar-refractivity contribution >= 4 is 17.7 Å². The molecule has 0 unspecified atom stereocenters. The van der Waals surface area contributed by atoms with E-state index in [2.05, 4.69) is 48.0 Å². The Morgan fingerprint density at radius 2 is 1.92 bits per heavy atom. The fraction of sp³-hybridized carbons (Fsp3) is 0.526. The topological polar surface area (TPSA) is 51.0 Å². The molecule has 1 aliphatic heterocycles. The summed E-state index contributed by atoms with van der Waals surface area (Å²) < 4.78 is 2.02. The molecule has 5 nitrogen and oxygen atoms in total. The summed E-state index contributed by atoms with van der Waals surface area (Å²) >= 11 is 1.47. The van der Waals surface area contributed by atoms with E-state index in [9.17, 15) is 4.79 Å². The van der Waals surface area contributed by atoms with Gasteiger partial charge in [-0.3, -0.25) is 9.36 Å². The van der Waals surface area contributed by atoms with E-state index < -0.39 is 0 Å². The van der Waals surface area contributed by atoms with Crippen molar-refractivity contribution in [3.8, 4) is 5.69 Å². The van der Waals surface area contributed by atoms with Crippen molar-refractivity contribution in [3.63, 3.8) is 0 Å². The molecule has 1 aromatic heterocycles. The first-order valence-electron chi connectivity index (χ1n) is 8.90. The first-order chi connectivity index (χ1) is 12.0. The monoisotopic (exact) mass is 358 g/mol. The van der Waals surface area contributed by atoms with Crippen molar-refractivity contribution in [1.29, 1.82) is 0 Å². The predicted molar refractivity (Wildman–Crippen MR) is 101 cm³/mol. The van der Waals surface area contributed by atoms with Crippen LogP contribution in [0.4, 0.5) is 0 Å². The standard InChI is InChI=1S/C19H26N4OS/c1-13-7-5-10-17(11-13)23-16(4)20-21-19(23)25-12-18(24)22-14(2)8-6-9-15(22)3/h5,7,10-11,14-15H,6,8-9,12H2,1-4H3/t14-,15-/m1/s1. The average molecular weight is 359 g/mol. The summed E-state index contributed by atoms with van der Waals surface area (Å²) in [4.78, 5) is 14.8. The molecule has 0 spiro atoms. The largest absolute Gasteiger partial charge is 0.337 e. The van der Waals surface area contributed by atoms with Crippen LogP contribution in [0.5, 0.6) is 0 Å². The molecule has 2 atom stereocenters.